The van der Waals surface area contributed by atoms with Gasteiger partial charge in [-0.3, -0.25) is 4.98 Å². The predicted octanol–water partition coefficient (Wildman–Crippen LogP) is 14.3. The topological polar surface area (TPSA) is 98.6 Å². The Morgan fingerprint density at radius 1 is 0.582 bits per heavy atom. The number of H-pyrrole nitrogens is 1. The predicted molar refractivity (Wildman–Crippen MR) is 228 cm³/mol. The molecule has 0 aliphatic carbocycles. The van der Waals surface area contributed by atoms with Crippen LogP contribution in [-0.4, -0.2) is 29.8 Å². The van der Waals surface area contributed by atoms with Crippen LogP contribution in [0.25, 0.3) is 67.2 Å². The van der Waals surface area contributed by atoms with Crippen molar-refractivity contribution in [3.05, 3.63) is 192 Å². The highest BCUT2D eigenvalue weighted by Crippen LogP contribution is 2.39. The Balaban J connectivity index is 0.000000150. The van der Waals surface area contributed by atoms with Crippen LogP contribution in [0.4, 0.5) is 43.9 Å². The number of benzene rings is 4. The first-order valence-electron chi connectivity index (χ1n) is 19.6. The summed E-state index contributed by atoms with van der Waals surface area (Å²) in [4.78, 5) is 11.7. The summed E-state index contributed by atoms with van der Waals surface area (Å²) < 4.78 is 144. The Bertz CT molecular complexity index is 3250. The molecule has 4 aromatic carbocycles. The fourth-order valence-electron chi connectivity index (χ4n) is 6.92. The average Bonchev–Trinajstić information content (AvgIpc) is 4.13. The van der Waals surface area contributed by atoms with Gasteiger partial charge in [0.1, 0.15) is 34.7 Å². The third-order valence-corrected chi connectivity index (χ3v) is 10.3. The molecule has 6 heterocycles. The SMILES string of the molecule is Fc1ccc(-c2cc(CCl)on2)c(C(F)(F)F)c1.Fc1ccc(-c2cc(Cn3ccc4nc(-c5ccccc5F)cc-4c3)on2)c(C(F)(F)F)c1.Fc1ccccc1-c1cc2cnccc2[nH]1. The summed E-state index contributed by atoms with van der Waals surface area (Å²) >= 11 is 5.47. The molecule has 2 aliphatic heterocycles. The fraction of sp³-hybridized carbons (Fsp3) is 0.0833. The van der Waals surface area contributed by atoms with E-state index in [1.807, 2.05) is 18.2 Å². The fourth-order valence-corrected chi connectivity index (χ4v) is 7.05. The van der Waals surface area contributed by atoms with Crippen LogP contribution in [0.2, 0.25) is 0 Å². The molecule has 19 heteroatoms. The molecular weight excluding hydrogens is 918 g/mol. The van der Waals surface area contributed by atoms with Crippen LogP contribution >= 0.6 is 11.6 Å². The molecule has 0 spiro atoms. The monoisotopic (exact) mass is 946 g/mol. The van der Waals surface area contributed by atoms with Crippen molar-refractivity contribution >= 4 is 22.5 Å². The van der Waals surface area contributed by atoms with Gasteiger partial charge in [0.15, 0.2) is 11.5 Å². The molecule has 10 rings (SSSR count). The summed E-state index contributed by atoms with van der Waals surface area (Å²) in [5.41, 5.74) is 1.83. The summed E-state index contributed by atoms with van der Waals surface area (Å²) in [5.74, 6) is -2.01. The Kier molecular flexibility index (Phi) is 13.0. The zero-order chi connectivity index (χ0) is 47.5. The minimum Gasteiger partial charge on any atom is -0.359 e. The maximum absolute atomic E-state index is 14.1. The van der Waals surface area contributed by atoms with Gasteiger partial charge < -0.3 is 18.6 Å². The summed E-state index contributed by atoms with van der Waals surface area (Å²) in [5, 5.41) is 8.20. The van der Waals surface area contributed by atoms with Gasteiger partial charge in [-0.25, -0.2) is 22.5 Å². The van der Waals surface area contributed by atoms with E-state index >= 15 is 0 Å². The second kappa shape index (κ2) is 19.0. The summed E-state index contributed by atoms with van der Waals surface area (Å²) in [7, 11) is 0. The van der Waals surface area contributed by atoms with Crippen LogP contribution in [0, 0.1) is 23.3 Å². The Morgan fingerprint density at radius 2 is 1.16 bits per heavy atom. The minimum atomic E-state index is -4.74. The quantitative estimate of drug-likeness (QED) is 0.126. The number of nitrogens with one attached hydrogen (secondary N) is 1. The van der Waals surface area contributed by atoms with E-state index in [0.29, 0.717) is 40.4 Å². The van der Waals surface area contributed by atoms with Crippen LogP contribution < -0.4 is 0 Å². The van der Waals surface area contributed by atoms with Crippen molar-refractivity contribution in [2.75, 3.05) is 0 Å². The molecule has 340 valence electrons. The van der Waals surface area contributed by atoms with E-state index in [4.69, 9.17) is 20.6 Å². The summed E-state index contributed by atoms with van der Waals surface area (Å²) in [6.07, 6.45) is -2.44. The molecule has 0 saturated heterocycles. The highest BCUT2D eigenvalue weighted by Gasteiger charge is 2.36. The number of halogens is 11. The van der Waals surface area contributed by atoms with Gasteiger partial charge in [0.05, 0.1) is 34.9 Å². The summed E-state index contributed by atoms with van der Waals surface area (Å²) in [6.45, 7) is 0.186. The molecule has 2 aliphatic rings. The van der Waals surface area contributed by atoms with Crippen LogP contribution in [0.5, 0.6) is 0 Å². The molecule has 67 heavy (non-hydrogen) atoms. The lowest BCUT2D eigenvalue weighted by molar-refractivity contribution is -0.138. The maximum atomic E-state index is 14.1. The van der Waals surface area contributed by atoms with Crippen molar-refractivity contribution in [3.63, 3.8) is 0 Å². The number of hydrogen-bond donors (Lipinski definition) is 1. The van der Waals surface area contributed by atoms with Crippen molar-refractivity contribution < 1.29 is 53.0 Å². The number of alkyl halides is 7. The first-order valence-corrected chi connectivity index (χ1v) is 20.2. The average molecular weight is 947 g/mol. The van der Waals surface area contributed by atoms with Gasteiger partial charge in [-0.2, -0.15) is 26.3 Å². The van der Waals surface area contributed by atoms with Gasteiger partial charge in [-0.15, -0.1) is 11.6 Å². The largest absolute Gasteiger partial charge is 0.417 e. The zero-order valence-corrected chi connectivity index (χ0v) is 34.7. The van der Waals surface area contributed by atoms with E-state index < -0.39 is 35.1 Å². The first-order chi connectivity index (χ1) is 32.0. The van der Waals surface area contributed by atoms with E-state index in [1.165, 1.54) is 24.3 Å². The Morgan fingerprint density at radius 3 is 1.73 bits per heavy atom. The number of nitrogens with zero attached hydrogens (tertiary/aromatic N) is 5. The smallest absolute Gasteiger partial charge is 0.359 e. The lowest BCUT2D eigenvalue weighted by Gasteiger charge is -2.10. The van der Waals surface area contributed by atoms with Crippen molar-refractivity contribution in [2.45, 2.75) is 24.8 Å². The Hall–Kier alpha value is -7.73. The van der Waals surface area contributed by atoms with Crippen molar-refractivity contribution in [2.24, 2.45) is 0 Å². The Labute approximate surface area is 377 Å². The number of rotatable bonds is 7. The molecule has 8 nitrogen and oxygen atoms in total. The highest BCUT2D eigenvalue weighted by molar-refractivity contribution is 6.16. The first kappa shape index (κ1) is 45.8. The second-order valence-corrected chi connectivity index (χ2v) is 14.8. The van der Waals surface area contributed by atoms with Gasteiger partial charge in [-0.05, 0) is 84.9 Å². The molecule has 0 amide bonds. The van der Waals surface area contributed by atoms with E-state index in [2.05, 4.69) is 25.3 Å². The van der Waals surface area contributed by atoms with E-state index in [-0.39, 0.29) is 52.3 Å². The van der Waals surface area contributed by atoms with Crippen molar-refractivity contribution in [1.82, 2.24) is 29.8 Å². The summed E-state index contributed by atoms with van der Waals surface area (Å²) in [6, 6.07) is 27.8. The zero-order valence-electron chi connectivity index (χ0n) is 34.0. The van der Waals surface area contributed by atoms with Gasteiger partial charge in [0.2, 0.25) is 0 Å². The van der Waals surface area contributed by atoms with E-state index in [0.717, 1.165) is 46.4 Å². The van der Waals surface area contributed by atoms with Crippen LogP contribution in [0.3, 0.4) is 0 Å². The standard InChI is InChI=1S/C24H14F5N3O.C13H9FN2.C11H6ClF4NO/c25-15-5-6-17(19(10-15)24(27,28)29)23-11-16(33-31-23)13-32-8-7-21-14(12-32)9-22(30-21)18-3-1-2-4-20(18)26;14-11-4-2-1-3-10(11)13-7-9-8-15-6-5-12(9)16-13;12-5-7-4-10(17-18-7)8-2-1-6(13)3-9(8)11(14,15)16/h1-12H,13H2;1-8,16H;1-4H,5H2. The number of pyridine rings is 2. The number of aromatic nitrogens is 6. The second-order valence-electron chi connectivity index (χ2n) is 14.6. The van der Waals surface area contributed by atoms with Crippen LogP contribution in [0.15, 0.2) is 155 Å². The number of fused-ring (bicyclic) bond motifs is 2. The molecule has 8 aromatic rings. The van der Waals surface area contributed by atoms with E-state index in [9.17, 15) is 43.9 Å². The lowest BCUT2D eigenvalue weighted by atomic mass is 10.0. The molecule has 4 aromatic heterocycles. The maximum Gasteiger partial charge on any atom is 0.417 e. The molecule has 0 fully saturated rings. The molecule has 0 saturated carbocycles. The number of hydrogen-bond acceptors (Lipinski definition) is 6. The third-order valence-electron chi connectivity index (χ3n) is 10.0. The lowest BCUT2D eigenvalue weighted by Crippen LogP contribution is -2.07. The number of aromatic amines is 1. The van der Waals surface area contributed by atoms with E-state index in [1.54, 1.807) is 71.8 Å². The normalized spacial score (nSPS) is 11.6. The molecule has 0 atom stereocenters. The third kappa shape index (κ3) is 10.5. The minimum absolute atomic E-state index is 0.00442. The van der Waals surface area contributed by atoms with Crippen molar-refractivity contribution in [3.8, 4) is 56.3 Å². The highest BCUT2D eigenvalue weighted by atomic mass is 35.5. The van der Waals surface area contributed by atoms with Crippen molar-refractivity contribution in [1.29, 1.82) is 0 Å². The van der Waals surface area contributed by atoms with Gasteiger partial charge in [0, 0.05) is 81.3 Å². The van der Waals surface area contributed by atoms with Gasteiger partial charge >= 0.3 is 12.4 Å². The molecule has 1 N–H and O–H groups in total. The van der Waals surface area contributed by atoms with Gasteiger partial charge in [-0.1, -0.05) is 34.6 Å². The molecular formula is C48H29ClF10N6O2. The van der Waals surface area contributed by atoms with Crippen LogP contribution in [-0.2, 0) is 24.8 Å². The molecule has 0 bridgehead atoms. The molecule has 0 unspecified atom stereocenters. The molecule has 0 radical (unpaired) electrons. The van der Waals surface area contributed by atoms with Crippen LogP contribution in [0.1, 0.15) is 22.6 Å². The van der Waals surface area contributed by atoms with Gasteiger partial charge in [0.25, 0.3) is 0 Å².